The zero-order valence-electron chi connectivity index (χ0n) is 8.31. The highest BCUT2D eigenvalue weighted by Crippen LogP contribution is 2.05. The maximum absolute atomic E-state index is 12.6. The van der Waals surface area contributed by atoms with Crippen LogP contribution in [0.5, 0.6) is 0 Å². The average Bonchev–Trinajstić information content (AvgIpc) is 2.65. The first-order valence-electron chi connectivity index (χ1n) is 4.64. The van der Waals surface area contributed by atoms with Gasteiger partial charge in [0.15, 0.2) is 10.6 Å². The molecule has 0 unspecified atom stereocenters. The lowest BCUT2D eigenvalue weighted by molar-refractivity contribution is 0.0971. The topological polar surface area (TPSA) is 45.9 Å². The molecule has 5 heteroatoms. The summed E-state index contributed by atoms with van der Waals surface area (Å²) in [5, 5.41) is 9.26. The molecule has 3 nitrogen and oxygen atoms in total. The fraction of sp³-hybridized carbons (Fsp3) is 0.0909. The molecule has 0 fully saturated rings. The van der Waals surface area contributed by atoms with Gasteiger partial charge in [0.25, 0.3) is 0 Å². The van der Waals surface area contributed by atoms with Gasteiger partial charge < -0.3 is 4.57 Å². The van der Waals surface area contributed by atoms with E-state index in [1.54, 1.807) is 16.1 Å². The number of thiazole rings is 1. The molecule has 0 aliphatic rings. The van der Waals surface area contributed by atoms with Crippen LogP contribution in [0.2, 0.25) is 0 Å². The molecule has 0 bridgehead atoms. The van der Waals surface area contributed by atoms with E-state index in [-0.39, 0.29) is 18.1 Å². The third kappa shape index (κ3) is 2.25. The van der Waals surface area contributed by atoms with Crippen molar-refractivity contribution in [2.24, 2.45) is 0 Å². The number of carbonyl (C=O) groups excluding carboxylic acids is 1. The first-order valence-corrected chi connectivity index (χ1v) is 5.52. The monoisotopic (exact) mass is 236 g/mol. The predicted octanol–water partition coefficient (Wildman–Crippen LogP) is 2.05. The van der Waals surface area contributed by atoms with Crippen LogP contribution in [0.1, 0.15) is 10.4 Å². The van der Waals surface area contributed by atoms with E-state index in [0.29, 0.717) is 10.4 Å². The van der Waals surface area contributed by atoms with Crippen LogP contribution in [0.15, 0.2) is 35.8 Å². The molecule has 1 heterocycles. The lowest BCUT2D eigenvalue weighted by Gasteiger charge is -2.01. The number of carbonyl (C=O) groups is 1. The lowest BCUT2D eigenvalue weighted by atomic mass is 10.1. The highest BCUT2D eigenvalue weighted by atomic mass is 32.1. The van der Waals surface area contributed by atoms with Gasteiger partial charge in [-0.1, -0.05) is 0 Å². The number of hydrogen-bond acceptors (Lipinski definition) is 3. The third-order valence-electron chi connectivity index (χ3n) is 2.16. The molecule has 0 aliphatic carbocycles. The Morgan fingerprint density at radius 3 is 2.62 bits per heavy atom. The average molecular weight is 236 g/mol. The third-order valence-corrected chi connectivity index (χ3v) is 2.88. The number of aromatic nitrogens is 1. The summed E-state index contributed by atoms with van der Waals surface area (Å²) in [5.41, 5.74) is 0.458. The van der Waals surface area contributed by atoms with Gasteiger partial charge in [-0.15, -0.1) is 11.3 Å². The molecular formula is C11H9FN2OS. The Bertz CT molecular complexity index is 556. The van der Waals surface area contributed by atoms with Crippen molar-refractivity contribution in [2.75, 3.05) is 0 Å². The van der Waals surface area contributed by atoms with Gasteiger partial charge in [-0.05, 0) is 24.3 Å². The maximum atomic E-state index is 12.6. The minimum atomic E-state index is -0.360. The van der Waals surface area contributed by atoms with Crippen LogP contribution >= 0.6 is 11.3 Å². The summed E-state index contributed by atoms with van der Waals surface area (Å²) in [6, 6.07) is 5.42. The lowest BCUT2D eigenvalue weighted by Crippen LogP contribution is -2.18. The Labute approximate surface area is 95.3 Å². The SMILES string of the molecule is N=c1sccn1CC(=O)c1ccc(F)cc1. The normalized spacial score (nSPS) is 10.3. The first kappa shape index (κ1) is 10.8. The molecule has 0 atom stereocenters. The van der Waals surface area contributed by atoms with Crippen LogP contribution in [0.25, 0.3) is 0 Å². The summed E-state index contributed by atoms with van der Waals surface area (Å²) in [4.78, 5) is 12.1. The van der Waals surface area contributed by atoms with Crippen LogP contribution in [0.3, 0.4) is 0 Å². The van der Waals surface area contributed by atoms with Crippen LogP contribution in [0.4, 0.5) is 4.39 Å². The number of benzene rings is 1. The van der Waals surface area contributed by atoms with Crippen molar-refractivity contribution in [3.05, 3.63) is 52.0 Å². The number of nitrogens with one attached hydrogen (secondary N) is 1. The Hall–Kier alpha value is -1.75. The standard InChI is InChI=1S/C11H9FN2OS/c12-9-3-1-8(2-4-9)10(15)7-14-5-6-16-11(14)13/h1-6,13H,7H2. The van der Waals surface area contributed by atoms with Crippen LogP contribution in [0, 0.1) is 11.2 Å². The smallest absolute Gasteiger partial charge is 0.182 e. The van der Waals surface area contributed by atoms with Crippen LogP contribution < -0.4 is 4.80 Å². The van der Waals surface area contributed by atoms with E-state index in [1.165, 1.54) is 35.6 Å². The maximum Gasteiger partial charge on any atom is 0.182 e. The number of Topliss-reactive ketones (excluding diaryl/α,β-unsaturated/α-hetero) is 1. The number of ketones is 1. The molecule has 0 radical (unpaired) electrons. The Kier molecular flexibility index (Phi) is 2.96. The van der Waals surface area contributed by atoms with E-state index < -0.39 is 0 Å². The van der Waals surface area contributed by atoms with E-state index in [0.717, 1.165) is 0 Å². The van der Waals surface area contributed by atoms with E-state index in [4.69, 9.17) is 5.41 Å². The van der Waals surface area contributed by atoms with Gasteiger partial charge in [0, 0.05) is 17.1 Å². The molecular weight excluding hydrogens is 227 g/mol. The largest absolute Gasteiger partial charge is 0.316 e. The summed E-state index contributed by atoms with van der Waals surface area (Å²) in [6.45, 7) is 0.119. The summed E-state index contributed by atoms with van der Waals surface area (Å²) >= 11 is 1.26. The second-order valence-electron chi connectivity index (χ2n) is 3.27. The van der Waals surface area contributed by atoms with Gasteiger partial charge in [0.1, 0.15) is 5.82 Å². The zero-order chi connectivity index (χ0) is 11.5. The highest BCUT2D eigenvalue weighted by molar-refractivity contribution is 7.06. The predicted molar refractivity (Wildman–Crippen MR) is 58.9 cm³/mol. The molecule has 1 aromatic heterocycles. The summed E-state index contributed by atoms with van der Waals surface area (Å²) in [5.74, 6) is -0.488. The number of nitrogens with zero attached hydrogens (tertiary/aromatic N) is 1. The molecule has 16 heavy (non-hydrogen) atoms. The van der Waals surface area contributed by atoms with Crippen molar-refractivity contribution < 1.29 is 9.18 Å². The van der Waals surface area contributed by atoms with Crippen molar-refractivity contribution in [3.63, 3.8) is 0 Å². The quantitative estimate of drug-likeness (QED) is 0.814. The molecule has 2 rings (SSSR count). The molecule has 2 aromatic rings. The second-order valence-corrected chi connectivity index (χ2v) is 4.16. The Morgan fingerprint density at radius 1 is 1.38 bits per heavy atom. The summed E-state index contributed by atoms with van der Waals surface area (Å²) in [6.07, 6.45) is 1.69. The molecule has 0 saturated heterocycles. The molecule has 1 aromatic carbocycles. The number of halogens is 1. The van der Waals surface area contributed by atoms with Crippen molar-refractivity contribution in [3.8, 4) is 0 Å². The molecule has 0 aliphatic heterocycles. The molecule has 0 amide bonds. The van der Waals surface area contributed by atoms with Crippen molar-refractivity contribution in [2.45, 2.75) is 6.54 Å². The zero-order valence-corrected chi connectivity index (χ0v) is 9.13. The van der Waals surface area contributed by atoms with Gasteiger partial charge in [0.2, 0.25) is 0 Å². The van der Waals surface area contributed by atoms with Gasteiger partial charge in [0.05, 0.1) is 6.54 Å². The minimum absolute atomic E-state index is 0.119. The summed E-state index contributed by atoms with van der Waals surface area (Å²) < 4.78 is 14.2. The van der Waals surface area contributed by atoms with E-state index in [1.807, 2.05) is 0 Å². The molecule has 0 spiro atoms. The molecule has 82 valence electrons. The molecule has 1 N–H and O–H groups in total. The van der Waals surface area contributed by atoms with Crippen molar-refractivity contribution >= 4 is 17.1 Å². The van der Waals surface area contributed by atoms with Gasteiger partial charge in [-0.25, -0.2) is 4.39 Å². The van der Waals surface area contributed by atoms with Gasteiger partial charge in [-0.3, -0.25) is 10.2 Å². The Balaban J connectivity index is 2.18. The first-order chi connectivity index (χ1) is 7.66. The van der Waals surface area contributed by atoms with Gasteiger partial charge in [-0.2, -0.15) is 0 Å². The number of rotatable bonds is 3. The Morgan fingerprint density at radius 2 is 2.06 bits per heavy atom. The summed E-state index contributed by atoms with van der Waals surface area (Å²) in [7, 11) is 0. The second kappa shape index (κ2) is 4.40. The van der Waals surface area contributed by atoms with Crippen molar-refractivity contribution in [1.29, 1.82) is 5.41 Å². The molecule has 0 saturated carbocycles. The highest BCUT2D eigenvalue weighted by Gasteiger charge is 2.07. The van der Waals surface area contributed by atoms with Crippen LogP contribution in [-0.2, 0) is 6.54 Å². The van der Waals surface area contributed by atoms with Crippen LogP contribution in [-0.4, -0.2) is 10.4 Å². The van der Waals surface area contributed by atoms with Gasteiger partial charge >= 0.3 is 0 Å². The van der Waals surface area contributed by atoms with E-state index in [2.05, 4.69) is 0 Å². The van der Waals surface area contributed by atoms with E-state index in [9.17, 15) is 9.18 Å². The van der Waals surface area contributed by atoms with Crippen molar-refractivity contribution in [1.82, 2.24) is 4.57 Å². The van der Waals surface area contributed by atoms with E-state index >= 15 is 0 Å². The fourth-order valence-electron chi connectivity index (χ4n) is 1.31. The minimum Gasteiger partial charge on any atom is -0.316 e. The fourth-order valence-corrected chi connectivity index (χ4v) is 1.91. The number of hydrogen-bond donors (Lipinski definition) is 1.